The van der Waals surface area contributed by atoms with Gasteiger partial charge in [-0.05, 0) is 34.4 Å². The van der Waals surface area contributed by atoms with Gasteiger partial charge in [-0.2, -0.15) is 0 Å². The van der Waals surface area contributed by atoms with Gasteiger partial charge < -0.3 is 14.4 Å². The van der Waals surface area contributed by atoms with Crippen LogP contribution in [0.25, 0.3) is 0 Å². The van der Waals surface area contributed by atoms with Crippen molar-refractivity contribution in [1.29, 1.82) is 0 Å². The van der Waals surface area contributed by atoms with Crippen LogP contribution in [-0.4, -0.2) is 50.7 Å². The fourth-order valence-electron chi connectivity index (χ4n) is 1.13. The third-order valence-corrected chi connectivity index (χ3v) is 2.25. The smallest absolute Gasteiger partial charge is 0.333 e. The molecule has 0 atom stereocenters. The molecule has 0 aliphatic rings. The molecule has 0 fully saturated rings. The molecule has 0 radical (unpaired) electrons. The number of nitrogens with zero attached hydrogens (tertiary/aromatic N) is 1. The Morgan fingerprint density at radius 2 is 1.63 bits per heavy atom. The van der Waals surface area contributed by atoms with E-state index in [1.165, 1.54) is 0 Å². The van der Waals surface area contributed by atoms with Crippen LogP contribution in [0.4, 0.5) is 0 Å². The zero-order valence-electron chi connectivity index (χ0n) is 12.2. The predicted molar refractivity (Wildman–Crippen MR) is 73.7 cm³/mol. The molecule has 19 heavy (non-hydrogen) atoms. The van der Waals surface area contributed by atoms with Crippen molar-refractivity contribution in [2.45, 2.75) is 20.3 Å². The van der Waals surface area contributed by atoms with Crippen molar-refractivity contribution >= 4 is 11.9 Å². The van der Waals surface area contributed by atoms with Crippen LogP contribution in [0, 0.1) is 0 Å². The first-order chi connectivity index (χ1) is 8.84. The zero-order chi connectivity index (χ0) is 14.8. The SMILES string of the molecule is C=C(C)C(=O)OCCOC(=O)C(C)=CCCN(C)C. The van der Waals surface area contributed by atoms with E-state index in [1.807, 2.05) is 25.1 Å². The van der Waals surface area contributed by atoms with Crippen LogP contribution in [0.3, 0.4) is 0 Å². The van der Waals surface area contributed by atoms with Crippen LogP contribution >= 0.6 is 0 Å². The highest BCUT2D eigenvalue weighted by Gasteiger charge is 2.07. The highest BCUT2D eigenvalue weighted by Crippen LogP contribution is 2.00. The number of ether oxygens (including phenoxy) is 2. The third kappa shape index (κ3) is 9.02. The molecule has 0 saturated heterocycles. The molecular weight excluding hydrogens is 246 g/mol. The minimum absolute atomic E-state index is 0.0441. The van der Waals surface area contributed by atoms with Gasteiger partial charge in [0.15, 0.2) is 0 Å². The lowest BCUT2D eigenvalue weighted by molar-refractivity contribution is -0.147. The summed E-state index contributed by atoms with van der Waals surface area (Å²) in [5, 5.41) is 0. The first-order valence-electron chi connectivity index (χ1n) is 6.15. The molecule has 0 unspecified atom stereocenters. The van der Waals surface area contributed by atoms with Crippen molar-refractivity contribution in [3.8, 4) is 0 Å². The van der Waals surface area contributed by atoms with Gasteiger partial charge in [-0.3, -0.25) is 0 Å². The average Bonchev–Trinajstić information content (AvgIpc) is 2.33. The van der Waals surface area contributed by atoms with Crippen LogP contribution in [0.2, 0.25) is 0 Å². The van der Waals surface area contributed by atoms with Crippen LogP contribution in [0.15, 0.2) is 23.8 Å². The molecule has 0 aromatic carbocycles. The molecule has 0 rings (SSSR count). The highest BCUT2D eigenvalue weighted by atomic mass is 16.6. The Balaban J connectivity index is 3.85. The fraction of sp³-hybridized carbons (Fsp3) is 0.571. The minimum atomic E-state index is -0.478. The van der Waals surface area contributed by atoms with E-state index in [4.69, 9.17) is 9.47 Å². The molecule has 5 heteroatoms. The first kappa shape index (κ1) is 17.4. The van der Waals surface area contributed by atoms with Gasteiger partial charge >= 0.3 is 11.9 Å². The summed E-state index contributed by atoms with van der Waals surface area (Å²) < 4.78 is 9.77. The van der Waals surface area contributed by atoms with Crippen LogP contribution in [0.5, 0.6) is 0 Å². The molecule has 0 aromatic heterocycles. The Morgan fingerprint density at radius 1 is 1.11 bits per heavy atom. The van der Waals surface area contributed by atoms with Gasteiger partial charge in [0.2, 0.25) is 0 Å². The Hall–Kier alpha value is -1.62. The topological polar surface area (TPSA) is 55.8 Å². The number of esters is 2. The van der Waals surface area contributed by atoms with Crippen LogP contribution in [-0.2, 0) is 19.1 Å². The molecule has 0 aliphatic heterocycles. The second kappa shape index (κ2) is 9.33. The Kier molecular flexibility index (Phi) is 8.53. The molecule has 0 heterocycles. The maximum absolute atomic E-state index is 11.5. The summed E-state index contributed by atoms with van der Waals surface area (Å²) in [6.45, 7) is 7.69. The van der Waals surface area contributed by atoms with E-state index in [9.17, 15) is 9.59 Å². The lowest BCUT2D eigenvalue weighted by Crippen LogP contribution is -2.15. The molecule has 0 aromatic rings. The van der Waals surface area contributed by atoms with Crippen molar-refractivity contribution in [3.63, 3.8) is 0 Å². The van der Waals surface area contributed by atoms with Gasteiger partial charge in [0.25, 0.3) is 0 Å². The number of hydrogen-bond acceptors (Lipinski definition) is 5. The van der Waals surface area contributed by atoms with Crippen molar-refractivity contribution in [3.05, 3.63) is 23.8 Å². The Bertz CT molecular complexity index is 358. The lowest BCUT2D eigenvalue weighted by atomic mass is 10.2. The summed E-state index contributed by atoms with van der Waals surface area (Å²) in [7, 11) is 3.94. The molecule has 0 saturated carbocycles. The van der Waals surface area contributed by atoms with Gasteiger partial charge in [-0.1, -0.05) is 12.7 Å². The Morgan fingerprint density at radius 3 is 2.11 bits per heavy atom. The van der Waals surface area contributed by atoms with Gasteiger partial charge in [-0.25, -0.2) is 9.59 Å². The molecule has 0 bridgehead atoms. The third-order valence-electron chi connectivity index (χ3n) is 2.25. The van der Waals surface area contributed by atoms with E-state index >= 15 is 0 Å². The van der Waals surface area contributed by atoms with Crippen molar-refractivity contribution in [2.75, 3.05) is 33.9 Å². The highest BCUT2D eigenvalue weighted by molar-refractivity contribution is 5.88. The summed E-state index contributed by atoms with van der Waals surface area (Å²) in [6, 6.07) is 0. The van der Waals surface area contributed by atoms with Crippen molar-refractivity contribution in [1.82, 2.24) is 4.90 Å². The van der Waals surface area contributed by atoms with Crippen LogP contribution in [0.1, 0.15) is 20.3 Å². The maximum Gasteiger partial charge on any atom is 0.333 e. The van der Waals surface area contributed by atoms with Gasteiger partial charge in [0, 0.05) is 17.7 Å². The normalized spacial score (nSPS) is 11.3. The second-order valence-corrected chi connectivity index (χ2v) is 4.53. The quantitative estimate of drug-likeness (QED) is 0.380. The monoisotopic (exact) mass is 269 g/mol. The predicted octanol–water partition coefficient (Wildman–Crippen LogP) is 1.55. The Labute approximate surface area is 114 Å². The number of hydrogen-bond donors (Lipinski definition) is 0. The van der Waals surface area contributed by atoms with E-state index < -0.39 is 5.97 Å². The van der Waals surface area contributed by atoms with E-state index in [0.717, 1.165) is 13.0 Å². The van der Waals surface area contributed by atoms with Crippen molar-refractivity contribution < 1.29 is 19.1 Å². The average molecular weight is 269 g/mol. The van der Waals surface area contributed by atoms with Gasteiger partial charge in [0.1, 0.15) is 13.2 Å². The summed E-state index contributed by atoms with van der Waals surface area (Å²) in [6.07, 6.45) is 2.63. The lowest BCUT2D eigenvalue weighted by Gasteiger charge is -2.08. The van der Waals surface area contributed by atoms with Gasteiger partial charge in [-0.15, -0.1) is 0 Å². The van der Waals surface area contributed by atoms with E-state index in [1.54, 1.807) is 13.8 Å². The standard InChI is InChI=1S/C14H23NO4/c1-11(2)13(16)18-9-10-19-14(17)12(3)7-6-8-15(4)5/h7H,1,6,8-10H2,2-5H3. The molecule has 0 aliphatic carbocycles. The summed E-state index contributed by atoms with van der Waals surface area (Å²) in [5.41, 5.74) is 0.888. The van der Waals surface area contributed by atoms with Crippen molar-refractivity contribution in [2.24, 2.45) is 0 Å². The minimum Gasteiger partial charge on any atom is -0.459 e. The number of carbonyl (C=O) groups is 2. The number of rotatable bonds is 8. The van der Waals surface area contributed by atoms with Gasteiger partial charge in [0.05, 0.1) is 0 Å². The fourth-order valence-corrected chi connectivity index (χ4v) is 1.13. The molecule has 0 spiro atoms. The summed E-state index contributed by atoms with van der Waals surface area (Å²) >= 11 is 0. The summed E-state index contributed by atoms with van der Waals surface area (Å²) in [4.78, 5) is 24.6. The maximum atomic E-state index is 11.5. The van der Waals surface area contributed by atoms with E-state index in [0.29, 0.717) is 11.1 Å². The molecule has 0 amide bonds. The van der Waals surface area contributed by atoms with E-state index in [-0.39, 0.29) is 19.2 Å². The van der Waals surface area contributed by atoms with Crippen LogP contribution < -0.4 is 0 Å². The number of carbonyl (C=O) groups excluding carboxylic acids is 2. The van der Waals surface area contributed by atoms with E-state index in [2.05, 4.69) is 6.58 Å². The molecule has 0 N–H and O–H groups in total. The zero-order valence-corrected chi connectivity index (χ0v) is 12.2. The largest absolute Gasteiger partial charge is 0.459 e. The molecular formula is C14H23NO4. The summed E-state index contributed by atoms with van der Waals surface area (Å²) in [5.74, 6) is -0.862. The molecule has 108 valence electrons. The first-order valence-corrected chi connectivity index (χ1v) is 6.15. The molecule has 5 nitrogen and oxygen atoms in total. The second-order valence-electron chi connectivity index (χ2n) is 4.53.